The van der Waals surface area contributed by atoms with Gasteiger partial charge < -0.3 is 28.2 Å². The lowest BCUT2D eigenvalue weighted by Crippen LogP contribution is -2.43. The fourth-order valence-electron chi connectivity index (χ4n) is 7.95. The minimum absolute atomic E-state index is 0.00400. The van der Waals surface area contributed by atoms with Crippen molar-refractivity contribution in [2.45, 2.75) is 57.5 Å². The molecule has 9 rings (SSSR count). The standard InChI is InChI=1S/C35H33NO6.C25H23NO4S/c1-24-30(36-33(41-24)28-17-15-27(16-18-28)26-10-6-4-7-11-26)20-21-40-31-19-14-25(22-32(31)39-3)23-35(2,34(37)38)42-29-12-8-5-9-13-29;1-18-8-14-23(15-9-18)31(27,28)29-17-16-24-19(2)30-25(26-24)22-12-10-21(11-13-22)20-6-4-3-5-7-20/h4-19,22H,20-21,23H2,1-3H3,(H,37,38);3-15H,16-17H2,1-2H3. The van der Waals surface area contributed by atoms with Gasteiger partial charge in [0.1, 0.15) is 17.3 Å². The molecule has 12 nitrogen and oxygen atoms in total. The van der Waals surface area contributed by atoms with Gasteiger partial charge in [-0.3, -0.25) is 4.18 Å². The number of hydrogen-bond donors (Lipinski definition) is 1. The first kappa shape index (κ1) is 51.1. The number of aromatic nitrogens is 2. The highest BCUT2D eigenvalue weighted by atomic mass is 32.2. The van der Waals surface area contributed by atoms with E-state index in [9.17, 15) is 18.3 Å². The lowest BCUT2D eigenvalue weighted by Gasteiger charge is -2.27. The summed E-state index contributed by atoms with van der Waals surface area (Å²) in [6.07, 6.45) is 1.02. The quantitative estimate of drug-likeness (QED) is 0.0765. The molecule has 1 atom stereocenters. The van der Waals surface area contributed by atoms with Crippen LogP contribution in [0.2, 0.25) is 0 Å². The average molecular weight is 997 g/mol. The molecule has 73 heavy (non-hydrogen) atoms. The summed E-state index contributed by atoms with van der Waals surface area (Å²) in [6, 6.07) is 57.4. The van der Waals surface area contributed by atoms with Gasteiger partial charge in [0.2, 0.25) is 17.4 Å². The number of carbonyl (C=O) groups is 1. The molecule has 2 heterocycles. The van der Waals surface area contributed by atoms with Gasteiger partial charge in [0.25, 0.3) is 10.1 Å². The van der Waals surface area contributed by atoms with E-state index in [1.54, 1.807) is 74.7 Å². The van der Waals surface area contributed by atoms with Crippen LogP contribution in [0.1, 0.15) is 41.0 Å². The molecule has 13 heteroatoms. The van der Waals surface area contributed by atoms with Crippen LogP contribution in [0.15, 0.2) is 196 Å². The maximum Gasteiger partial charge on any atom is 0.348 e. The normalized spacial score (nSPS) is 12.0. The molecule has 9 aromatic rings. The van der Waals surface area contributed by atoms with E-state index < -0.39 is 21.7 Å². The van der Waals surface area contributed by atoms with Crippen LogP contribution in [-0.4, -0.2) is 55.4 Å². The SMILES string of the molecule is COc1cc(CC(C)(Oc2ccccc2)C(=O)O)ccc1OCCc1nc(-c2ccc(-c3ccccc3)cc2)oc1C.Cc1ccc(S(=O)(=O)OCCc2nc(-c3ccc(-c4ccccc4)cc3)oc2C)cc1. The number of rotatable bonds is 19. The second kappa shape index (κ2) is 23.3. The van der Waals surface area contributed by atoms with Crippen molar-refractivity contribution in [3.05, 3.63) is 216 Å². The van der Waals surface area contributed by atoms with Crippen LogP contribution >= 0.6 is 0 Å². The number of oxazole rings is 2. The van der Waals surface area contributed by atoms with Crippen LogP contribution in [0.25, 0.3) is 45.2 Å². The molecular formula is C60H56N2O10S. The number of carboxylic acids is 1. The van der Waals surface area contributed by atoms with E-state index >= 15 is 0 Å². The number of hydrogen-bond acceptors (Lipinski definition) is 11. The van der Waals surface area contributed by atoms with Gasteiger partial charge in [0.05, 0.1) is 36.6 Å². The second-order valence-electron chi connectivity index (χ2n) is 17.5. The van der Waals surface area contributed by atoms with Crippen LogP contribution in [0.3, 0.4) is 0 Å². The molecule has 0 amide bonds. The predicted octanol–water partition coefficient (Wildman–Crippen LogP) is 13.0. The Labute approximate surface area is 426 Å². The molecule has 0 aliphatic heterocycles. The zero-order chi connectivity index (χ0) is 51.4. The molecule has 1 N–H and O–H groups in total. The third-order valence-corrected chi connectivity index (χ3v) is 13.4. The summed E-state index contributed by atoms with van der Waals surface area (Å²) in [5, 5.41) is 9.92. The molecule has 0 spiro atoms. The first-order valence-corrected chi connectivity index (χ1v) is 25.2. The second-order valence-corrected chi connectivity index (χ2v) is 19.1. The number of carboxylic acid groups (broad SMARTS) is 1. The molecule has 0 aliphatic rings. The van der Waals surface area contributed by atoms with Crippen molar-refractivity contribution in [2.24, 2.45) is 0 Å². The summed E-state index contributed by atoms with van der Waals surface area (Å²) >= 11 is 0. The maximum absolute atomic E-state index is 12.3. The molecule has 0 fully saturated rings. The Morgan fingerprint density at radius 3 is 1.53 bits per heavy atom. The van der Waals surface area contributed by atoms with Gasteiger partial charge in [-0.1, -0.05) is 127 Å². The topological polar surface area (TPSA) is 160 Å². The zero-order valence-corrected chi connectivity index (χ0v) is 42.1. The van der Waals surface area contributed by atoms with Crippen molar-refractivity contribution in [2.75, 3.05) is 20.3 Å². The first-order chi connectivity index (χ1) is 35.3. The van der Waals surface area contributed by atoms with E-state index in [4.69, 9.17) is 32.2 Å². The van der Waals surface area contributed by atoms with Crippen molar-refractivity contribution in [1.82, 2.24) is 9.97 Å². The van der Waals surface area contributed by atoms with Gasteiger partial charge in [-0.05, 0) is 116 Å². The van der Waals surface area contributed by atoms with E-state index in [-0.39, 0.29) is 17.9 Å². The van der Waals surface area contributed by atoms with Gasteiger partial charge >= 0.3 is 5.97 Å². The van der Waals surface area contributed by atoms with Crippen LogP contribution < -0.4 is 14.2 Å². The molecule has 2 aromatic heterocycles. The Bertz CT molecular complexity index is 3340. The fraction of sp³-hybridized carbons (Fsp3) is 0.183. The van der Waals surface area contributed by atoms with Gasteiger partial charge in [-0.25, -0.2) is 14.8 Å². The number of para-hydroxylation sites is 1. The van der Waals surface area contributed by atoms with Crippen molar-refractivity contribution < 1.29 is 45.5 Å². The predicted molar refractivity (Wildman–Crippen MR) is 281 cm³/mol. The van der Waals surface area contributed by atoms with Crippen LogP contribution in [0, 0.1) is 20.8 Å². The Balaban J connectivity index is 0.000000204. The molecule has 7 aromatic carbocycles. The Morgan fingerprint density at radius 1 is 0.575 bits per heavy atom. The van der Waals surface area contributed by atoms with Crippen molar-refractivity contribution >= 4 is 16.1 Å². The minimum atomic E-state index is -3.79. The van der Waals surface area contributed by atoms with Gasteiger partial charge in [-0.2, -0.15) is 8.42 Å². The number of aliphatic carboxylic acids is 1. The molecule has 0 saturated heterocycles. The Hall–Kier alpha value is -8.26. The Kier molecular flexibility index (Phi) is 16.3. The zero-order valence-electron chi connectivity index (χ0n) is 41.3. The first-order valence-electron chi connectivity index (χ1n) is 23.7. The fourth-order valence-corrected chi connectivity index (χ4v) is 8.86. The van der Waals surface area contributed by atoms with E-state index in [0.717, 1.165) is 56.0 Å². The monoisotopic (exact) mass is 996 g/mol. The number of aryl methyl sites for hydroxylation is 3. The molecular weight excluding hydrogens is 941 g/mol. The van der Waals surface area contributed by atoms with E-state index in [2.05, 4.69) is 41.4 Å². The highest BCUT2D eigenvalue weighted by Gasteiger charge is 2.36. The summed E-state index contributed by atoms with van der Waals surface area (Å²) in [5.74, 6) is 2.98. The molecule has 0 saturated carbocycles. The van der Waals surface area contributed by atoms with E-state index in [1.165, 1.54) is 0 Å². The largest absolute Gasteiger partial charge is 0.493 e. The van der Waals surface area contributed by atoms with Crippen LogP contribution in [0.5, 0.6) is 17.2 Å². The highest BCUT2D eigenvalue weighted by Crippen LogP contribution is 2.33. The average Bonchev–Trinajstić information content (AvgIpc) is 3.98. The number of methoxy groups -OCH3 is 1. The molecule has 0 aliphatic carbocycles. The minimum Gasteiger partial charge on any atom is -0.493 e. The number of benzene rings is 7. The maximum atomic E-state index is 12.3. The molecule has 1 unspecified atom stereocenters. The summed E-state index contributed by atoms with van der Waals surface area (Å²) in [5.41, 5.74) is 8.10. The summed E-state index contributed by atoms with van der Waals surface area (Å²) in [6.45, 7) is 7.54. The van der Waals surface area contributed by atoms with E-state index in [0.29, 0.717) is 59.9 Å². The molecule has 372 valence electrons. The smallest absolute Gasteiger partial charge is 0.348 e. The van der Waals surface area contributed by atoms with Crippen LogP contribution in [0.4, 0.5) is 0 Å². The molecule has 0 bridgehead atoms. The summed E-state index contributed by atoms with van der Waals surface area (Å²) in [7, 11) is -2.24. The van der Waals surface area contributed by atoms with Crippen LogP contribution in [-0.2, 0) is 38.4 Å². The number of nitrogens with zero attached hydrogens (tertiary/aromatic N) is 2. The van der Waals surface area contributed by atoms with Gasteiger partial charge in [-0.15, -0.1) is 0 Å². The number of ether oxygens (including phenoxy) is 3. The lowest BCUT2D eigenvalue weighted by atomic mass is 9.96. The van der Waals surface area contributed by atoms with Crippen molar-refractivity contribution in [3.8, 4) is 62.4 Å². The summed E-state index contributed by atoms with van der Waals surface area (Å²) in [4.78, 5) is 21.5. The third-order valence-electron chi connectivity index (χ3n) is 12.1. The van der Waals surface area contributed by atoms with Gasteiger partial charge in [0.15, 0.2) is 11.5 Å². The summed E-state index contributed by atoms with van der Waals surface area (Å²) < 4.78 is 59.1. The van der Waals surface area contributed by atoms with Crippen molar-refractivity contribution in [1.29, 1.82) is 0 Å². The van der Waals surface area contributed by atoms with Crippen molar-refractivity contribution in [3.63, 3.8) is 0 Å². The highest BCUT2D eigenvalue weighted by molar-refractivity contribution is 7.86. The molecule has 0 radical (unpaired) electrons. The lowest BCUT2D eigenvalue weighted by molar-refractivity contribution is -0.153. The van der Waals surface area contributed by atoms with E-state index in [1.807, 2.05) is 106 Å². The Morgan fingerprint density at radius 2 is 1.04 bits per heavy atom. The van der Waals surface area contributed by atoms with Gasteiger partial charge in [0, 0.05) is 30.4 Å². The third kappa shape index (κ3) is 13.2.